The SMILES string of the molecule is NC(=O)OCC(Cl)c1ccccc1. The fraction of sp³-hybridized carbons (Fsp3) is 0.222. The number of amides is 1. The third kappa shape index (κ3) is 3.34. The van der Waals surface area contributed by atoms with Crippen LogP contribution in [0.1, 0.15) is 10.9 Å². The molecule has 0 aliphatic heterocycles. The van der Waals surface area contributed by atoms with Crippen LogP contribution < -0.4 is 5.73 Å². The summed E-state index contributed by atoms with van der Waals surface area (Å²) in [6.07, 6.45) is -0.804. The van der Waals surface area contributed by atoms with E-state index in [0.29, 0.717) is 0 Å². The normalized spacial score (nSPS) is 12.1. The first kappa shape index (κ1) is 9.86. The monoisotopic (exact) mass is 199 g/mol. The molecule has 13 heavy (non-hydrogen) atoms. The smallest absolute Gasteiger partial charge is 0.404 e. The van der Waals surface area contributed by atoms with E-state index < -0.39 is 6.09 Å². The molecule has 1 aromatic rings. The van der Waals surface area contributed by atoms with Gasteiger partial charge in [-0.15, -0.1) is 11.6 Å². The van der Waals surface area contributed by atoms with Gasteiger partial charge in [-0.05, 0) is 5.56 Å². The van der Waals surface area contributed by atoms with Crippen molar-refractivity contribution in [3.8, 4) is 0 Å². The molecule has 3 nitrogen and oxygen atoms in total. The standard InChI is InChI=1S/C9H10ClNO2/c10-8(6-13-9(11)12)7-4-2-1-3-5-7/h1-5,8H,6H2,(H2,11,12). The Balaban J connectivity index is 2.49. The van der Waals surface area contributed by atoms with Crippen LogP contribution in [0.3, 0.4) is 0 Å². The topological polar surface area (TPSA) is 52.3 Å². The Morgan fingerprint density at radius 3 is 2.62 bits per heavy atom. The van der Waals surface area contributed by atoms with E-state index in [1.165, 1.54) is 0 Å². The maximum atomic E-state index is 10.3. The molecule has 4 heteroatoms. The van der Waals surface area contributed by atoms with Gasteiger partial charge < -0.3 is 10.5 Å². The average Bonchev–Trinajstić information content (AvgIpc) is 2.15. The Kier molecular flexibility index (Phi) is 3.58. The number of carbonyl (C=O) groups excluding carboxylic acids is 1. The van der Waals surface area contributed by atoms with E-state index in [-0.39, 0.29) is 12.0 Å². The molecule has 1 amide bonds. The number of carbonyl (C=O) groups is 1. The molecule has 1 rings (SSSR count). The fourth-order valence-electron chi connectivity index (χ4n) is 0.913. The highest BCUT2D eigenvalue weighted by atomic mass is 35.5. The molecular formula is C9H10ClNO2. The molecule has 0 radical (unpaired) electrons. The number of ether oxygens (including phenoxy) is 1. The van der Waals surface area contributed by atoms with Gasteiger partial charge in [-0.1, -0.05) is 30.3 Å². The molecule has 0 fully saturated rings. The van der Waals surface area contributed by atoms with Crippen LogP contribution in [-0.2, 0) is 4.74 Å². The van der Waals surface area contributed by atoms with Crippen LogP contribution in [0.4, 0.5) is 4.79 Å². The van der Waals surface area contributed by atoms with Crippen LogP contribution in [-0.4, -0.2) is 12.7 Å². The Hall–Kier alpha value is -1.22. The van der Waals surface area contributed by atoms with E-state index in [0.717, 1.165) is 5.56 Å². The minimum atomic E-state index is -0.804. The van der Waals surface area contributed by atoms with E-state index in [9.17, 15) is 4.79 Å². The quantitative estimate of drug-likeness (QED) is 0.758. The van der Waals surface area contributed by atoms with Crippen molar-refractivity contribution in [1.29, 1.82) is 0 Å². The van der Waals surface area contributed by atoms with Gasteiger partial charge in [-0.25, -0.2) is 4.79 Å². The second-order valence-electron chi connectivity index (χ2n) is 2.51. The summed E-state index contributed by atoms with van der Waals surface area (Å²) in [5.74, 6) is 0. The Morgan fingerprint density at radius 2 is 2.08 bits per heavy atom. The van der Waals surface area contributed by atoms with Gasteiger partial charge in [0.25, 0.3) is 0 Å². The summed E-state index contributed by atoms with van der Waals surface area (Å²) in [5, 5.41) is -0.339. The first-order chi connectivity index (χ1) is 6.20. The number of hydrogen-bond acceptors (Lipinski definition) is 2. The van der Waals surface area contributed by atoms with E-state index in [4.69, 9.17) is 17.3 Å². The Morgan fingerprint density at radius 1 is 1.46 bits per heavy atom. The highest BCUT2D eigenvalue weighted by Gasteiger charge is 2.08. The molecule has 0 bridgehead atoms. The number of rotatable bonds is 3. The number of benzene rings is 1. The lowest BCUT2D eigenvalue weighted by molar-refractivity contribution is 0.156. The van der Waals surface area contributed by atoms with Crippen molar-refractivity contribution < 1.29 is 9.53 Å². The van der Waals surface area contributed by atoms with Gasteiger partial charge in [0.15, 0.2) is 0 Å². The molecule has 0 spiro atoms. The molecule has 2 N–H and O–H groups in total. The van der Waals surface area contributed by atoms with Crippen molar-refractivity contribution in [1.82, 2.24) is 0 Å². The van der Waals surface area contributed by atoms with Gasteiger partial charge in [-0.2, -0.15) is 0 Å². The summed E-state index contributed by atoms with van der Waals surface area (Å²) in [4.78, 5) is 10.3. The summed E-state index contributed by atoms with van der Waals surface area (Å²) in [6, 6.07) is 9.36. The van der Waals surface area contributed by atoms with Crippen LogP contribution in [0.25, 0.3) is 0 Å². The van der Waals surface area contributed by atoms with E-state index in [2.05, 4.69) is 4.74 Å². The van der Waals surface area contributed by atoms with Gasteiger partial charge in [0.1, 0.15) is 6.61 Å². The molecule has 0 heterocycles. The summed E-state index contributed by atoms with van der Waals surface area (Å²) in [5.41, 5.74) is 5.71. The molecular weight excluding hydrogens is 190 g/mol. The van der Waals surface area contributed by atoms with Gasteiger partial charge in [0.2, 0.25) is 0 Å². The maximum Gasteiger partial charge on any atom is 0.404 e. The zero-order chi connectivity index (χ0) is 9.68. The summed E-state index contributed by atoms with van der Waals surface area (Å²) >= 11 is 5.92. The molecule has 0 aliphatic carbocycles. The number of halogens is 1. The Labute approximate surface area is 81.4 Å². The minimum Gasteiger partial charge on any atom is -0.448 e. The second kappa shape index (κ2) is 4.72. The lowest BCUT2D eigenvalue weighted by Crippen LogP contribution is -2.15. The fourth-order valence-corrected chi connectivity index (χ4v) is 1.12. The van der Waals surface area contributed by atoms with Crippen LogP contribution in [0.15, 0.2) is 30.3 Å². The number of nitrogens with two attached hydrogens (primary N) is 1. The molecule has 0 aromatic heterocycles. The third-order valence-electron chi connectivity index (χ3n) is 1.53. The van der Waals surface area contributed by atoms with Crippen LogP contribution in [0, 0.1) is 0 Å². The highest BCUT2D eigenvalue weighted by Crippen LogP contribution is 2.19. The van der Waals surface area contributed by atoms with Crippen molar-refractivity contribution >= 4 is 17.7 Å². The largest absolute Gasteiger partial charge is 0.448 e. The minimum absolute atomic E-state index is 0.0981. The molecule has 1 aromatic carbocycles. The molecule has 1 unspecified atom stereocenters. The van der Waals surface area contributed by atoms with Crippen LogP contribution in [0.5, 0.6) is 0 Å². The van der Waals surface area contributed by atoms with Crippen molar-refractivity contribution in [2.75, 3.05) is 6.61 Å². The summed E-state index contributed by atoms with van der Waals surface area (Å²) < 4.78 is 4.56. The van der Waals surface area contributed by atoms with Gasteiger partial charge in [-0.3, -0.25) is 0 Å². The van der Waals surface area contributed by atoms with E-state index in [1.54, 1.807) is 0 Å². The van der Waals surface area contributed by atoms with E-state index >= 15 is 0 Å². The zero-order valence-corrected chi connectivity index (χ0v) is 7.70. The first-order valence-electron chi connectivity index (χ1n) is 3.81. The van der Waals surface area contributed by atoms with Crippen LogP contribution in [0.2, 0.25) is 0 Å². The lowest BCUT2D eigenvalue weighted by Gasteiger charge is -2.08. The Bertz CT molecular complexity index is 276. The zero-order valence-electron chi connectivity index (χ0n) is 6.94. The van der Waals surface area contributed by atoms with E-state index in [1.807, 2.05) is 30.3 Å². The third-order valence-corrected chi connectivity index (χ3v) is 1.91. The summed E-state index contributed by atoms with van der Waals surface area (Å²) in [7, 11) is 0. The van der Waals surface area contributed by atoms with Crippen molar-refractivity contribution in [2.24, 2.45) is 5.73 Å². The number of primary amides is 1. The number of alkyl halides is 1. The molecule has 0 saturated carbocycles. The summed E-state index contributed by atoms with van der Waals surface area (Å²) in [6.45, 7) is 0.0981. The predicted octanol–water partition coefficient (Wildman–Crippen LogP) is 2.06. The molecule has 0 saturated heterocycles. The van der Waals surface area contributed by atoms with Crippen molar-refractivity contribution in [3.05, 3.63) is 35.9 Å². The van der Waals surface area contributed by atoms with Crippen molar-refractivity contribution in [3.63, 3.8) is 0 Å². The molecule has 70 valence electrons. The predicted molar refractivity (Wildman–Crippen MR) is 50.6 cm³/mol. The average molecular weight is 200 g/mol. The van der Waals surface area contributed by atoms with Gasteiger partial charge >= 0.3 is 6.09 Å². The molecule has 1 atom stereocenters. The second-order valence-corrected chi connectivity index (χ2v) is 3.04. The van der Waals surface area contributed by atoms with Crippen molar-refractivity contribution in [2.45, 2.75) is 5.38 Å². The lowest BCUT2D eigenvalue weighted by atomic mass is 10.2. The van der Waals surface area contributed by atoms with Crippen LogP contribution >= 0.6 is 11.6 Å². The highest BCUT2D eigenvalue weighted by molar-refractivity contribution is 6.21. The number of hydrogen-bond donors (Lipinski definition) is 1. The van der Waals surface area contributed by atoms with Gasteiger partial charge in [0.05, 0.1) is 5.38 Å². The molecule has 0 aliphatic rings. The maximum absolute atomic E-state index is 10.3. The first-order valence-corrected chi connectivity index (χ1v) is 4.25. The van der Waals surface area contributed by atoms with Gasteiger partial charge in [0, 0.05) is 0 Å².